The Hall–Kier alpha value is -3.73. The lowest BCUT2D eigenvalue weighted by Gasteiger charge is -2.40. The lowest BCUT2D eigenvalue weighted by atomic mass is 9.89. The van der Waals surface area contributed by atoms with E-state index in [9.17, 15) is 18.0 Å². The smallest absolute Gasteiger partial charge is 0.366 e. The fraction of sp³-hybridized carbons (Fsp3) is 0.448. The van der Waals surface area contributed by atoms with Gasteiger partial charge in [-0.1, -0.05) is 25.0 Å². The summed E-state index contributed by atoms with van der Waals surface area (Å²) in [5, 5.41) is 7.55. The molecule has 3 aliphatic rings. The topological polar surface area (TPSA) is 109 Å². The molecule has 2 saturated carbocycles. The number of halogens is 3. The van der Waals surface area contributed by atoms with Gasteiger partial charge in [-0.25, -0.2) is 15.0 Å². The molecule has 210 valence electrons. The van der Waals surface area contributed by atoms with Gasteiger partial charge < -0.3 is 21.3 Å². The van der Waals surface area contributed by atoms with E-state index in [2.05, 4.69) is 30.5 Å². The fourth-order valence-corrected chi connectivity index (χ4v) is 6.56. The largest absolute Gasteiger partial charge is 0.419 e. The number of alkyl halides is 3. The van der Waals surface area contributed by atoms with Crippen LogP contribution in [0.15, 0.2) is 55.0 Å². The van der Waals surface area contributed by atoms with Gasteiger partial charge in [0, 0.05) is 54.9 Å². The molecule has 2 bridgehead atoms. The van der Waals surface area contributed by atoms with Crippen molar-refractivity contribution in [1.82, 2.24) is 20.3 Å². The van der Waals surface area contributed by atoms with Crippen LogP contribution in [0.2, 0.25) is 0 Å². The number of anilines is 2. The predicted octanol–water partition coefficient (Wildman–Crippen LogP) is 4.64. The Morgan fingerprint density at radius 2 is 1.70 bits per heavy atom. The number of amides is 1. The van der Waals surface area contributed by atoms with Crippen molar-refractivity contribution in [3.8, 4) is 11.1 Å². The maximum absolute atomic E-state index is 13.0. The minimum atomic E-state index is -4.45. The average Bonchev–Trinajstić information content (AvgIpc) is 3.55. The number of aromatic nitrogens is 3. The highest BCUT2D eigenvalue weighted by Gasteiger charge is 2.47. The summed E-state index contributed by atoms with van der Waals surface area (Å²) >= 11 is 0. The van der Waals surface area contributed by atoms with Gasteiger partial charge in [0.05, 0.1) is 5.56 Å². The zero-order valence-electron chi connectivity index (χ0n) is 21.9. The molecular formula is C29H32F3N7O. The summed E-state index contributed by atoms with van der Waals surface area (Å²) in [6.45, 7) is 0.772. The number of nitrogens with zero attached hydrogens (tertiary/aromatic N) is 4. The van der Waals surface area contributed by atoms with Crippen LogP contribution < -0.4 is 21.3 Å². The zero-order valence-corrected chi connectivity index (χ0v) is 21.9. The third-order valence-electron chi connectivity index (χ3n) is 8.47. The van der Waals surface area contributed by atoms with E-state index in [1.165, 1.54) is 0 Å². The van der Waals surface area contributed by atoms with Gasteiger partial charge in [-0.2, -0.15) is 13.2 Å². The summed E-state index contributed by atoms with van der Waals surface area (Å²) in [4.78, 5) is 26.4. The first-order valence-electron chi connectivity index (χ1n) is 13.8. The normalized spacial score (nSPS) is 26.2. The molecule has 1 aromatic carbocycles. The molecule has 3 aromatic rings. The van der Waals surface area contributed by atoms with Crippen molar-refractivity contribution in [3.63, 3.8) is 0 Å². The number of hydrogen-bond acceptors (Lipinski definition) is 7. The molecule has 2 aromatic heterocycles. The van der Waals surface area contributed by atoms with Crippen LogP contribution >= 0.6 is 0 Å². The van der Waals surface area contributed by atoms with Crippen molar-refractivity contribution >= 4 is 17.7 Å². The molecule has 0 unspecified atom stereocenters. The maximum Gasteiger partial charge on any atom is 0.419 e. The second-order valence-electron chi connectivity index (χ2n) is 11.1. The van der Waals surface area contributed by atoms with E-state index in [1.54, 1.807) is 18.3 Å². The molecule has 1 aliphatic heterocycles. The van der Waals surface area contributed by atoms with Crippen LogP contribution in [-0.4, -0.2) is 51.6 Å². The van der Waals surface area contributed by atoms with Gasteiger partial charge in [0.1, 0.15) is 5.82 Å². The summed E-state index contributed by atoms with van der Waals surface area (Å²) in [7, 11) is 0. The second kappa shape index (κ2) is 10.7. The Morgan fingerprint density at radius 3 is 2.42 bits per heavy atom. The molecule has 0 radical (unpaired) electrons. The quantitative estimate of drug-likeness (QED) is 0.393. The van der Waals surface area contributed by atoms with E-state index in [0.717, 1.165) is 74.4 Å². The number of fused-ring (bicyclic) bond motifs is 2. The number of nitrogens with one attached hydrogen (secondary N) is 2. The van der Waals surface area contributed by atoms with E-state index in [4.69, 9.17) is 5.73 Å². The molecule has 0 spiro atoms. The molecule has 5 atom stereocenters. The summed E-state index contributed by atoms with van der Waals surface area (Å²) in [6, 6.07) is 11.9. The Bertz CT molecular complexity index is 1370. The van der Waals surface area contributed by atoms with Crippen LogP contribution in [0.5, 0.6) is 0 Å². The minimum Gasteiger partial charge on any atom is -0.366 e. The monoisotopic (exact) mass is 551 g/mol. The Labute approximate surface area is 230 Å². The van der Waals surface area contributed by atoms with Gasteiger partial charge in [-0.15, -0.1) is 0 Å². The van der Waals surface area contributed by atoms with Gasteiger partial charge in [0.2, 0.25) is 11.9 Å². The summed E-state index contributed by atoms with van der Waals surface area (Å²) in [6.07, 6.45) is 5.39. The van der Waals surface area contributed by atoms with Crippen LogP contribution in [-0.2, 0) is 6.18 Å². The minimum absolute atomic E-state index is 0.156. The first kappa shape index (κ1) is 26.5. The zero-order chi connectivity index (χ0) is 27.9. The number of hydrogen-bond donors (Lipinski definition) is 3. The van der Waals surface area contributed by atoms with Gasteiger partial charge in [-0.3, -0.25) is 4.79 Å². The lowest BCUT2D eigenvalue weighted by molar-refractivity contribution is -0.138. The van der Waals surface area contributed by atoms with Crippen LogP contribution in [0.3, 0.4) is 0 Å². The molecule has 11 heteroatoms. The van der Waals surface area contributed by atoms with E-state index in [-0.39, 0.29) is 24.2 Å². The first-order chi connectivity index (χ1) is 19.2. The molecule has 3 fully saturated rings. The molecular weight excluding hydrogens is 519 g/mol. The summed E-state index contributed by atoms with van der Waals surface area (Å²) < 4.78 is 39.0. The van der Waals surface area contributed by atoms with E-state index < -0.39 is 17.6 Å². The van der Waals surface area contributed by atoms with E-state index >= 15 is 0 Å². The van der Waals surface area contributed by atoms with Crippen LogP contribution in [0, 0.1) is 5.92 Å². The van der Waals surface area contributed by atoms with Crippen LogP contribution in [0.1, 0.15) is 54.4 Å². The third kappa shape index (κ3) is 5.47. The Morgan fingerprint density at radius 1 is 0.950 bits per heavy atom. The third-order valence-corrected chi connectivity index (χ3v) is 8.47. The van der Waals surface area contributed by atoms with Crippen molar-refractivity contribution in [2.75, 3.05) is 16.8 Å². The molecule has 2 aliphatic carbocycles. The predicted molar refractivity (Wildman–Crippen MR) is 146 cm³/mol. The standard InChI is InChI=1S/C29H32F3N7O/c30-29(31,32)21-14-35-28(36-15-21)39-16-17-10-24(25(39)11-17)37-22-6-1-2-7-23(22)38-26-13-19(8-9-34-26)18-4-3-5-20(12-18)27(33)40/h3-5,8-9,12-15,17,22-25,37H,1-2,6-7,10-11,16H2,(H2,33,40)(H,34,38)/t17-,22-,23-,24+,25-/m1/s1. The number of benzene rings is 1. The summed E-state index contributed by atoms with van der Waals surface area (Å²) in [5.41, 5.74) is 6.93. The fourth-order valence-electron chi connectivity index (χ4n) is 6.56. The number of pyridine rings is 1. The Kier molecular flexibility index (Phi) is 7.07. The number of rotatable bonds is 7. The SMILES string of the molecule is NC(=O)c1cccc(-c2ccnc(N[C@@H]3CCCC[C@H]3N[C@H]3C[C@@H]4C[C@H]3N(c3ncc(C(F)(F)F)cn3)C4)c2)c1. The van der Waals surface area contributed by atoms with Crippen molar-refractivity contribution in [2.24, 2.45) is 11.7 Å². The highest BCUT2D eigenvalue weighted by atomic mass is 19.4. The van der Waals surface area contributed by atoms with Crippen molar-refractivity contribution < 1.29 is 18.0 Å². The number of carbonyl (C=O) groups excluding carboxylic acids is 1. The van der Waals surface area contributed by atoms with Crippen LogP contribution in [0.25, 0.3) is 11.1 Å². The van der Waals surface area contributed by atoms with Crippen LogP contribution in [0.4, 0.5) is 24.9 Å². The second-order valence-corrected chi connectivity index (χ2v) is 11.1. The van der Waals surface area contributed by atoms with Gasteiger partial charge in [0.15, 0.2) is 0 Å². The van der Waals surface area contributed by atoms with Crippen molar-refractivity contribution in [3.05, 3.63) is 66.1 Å². The van der Waals surface area contributed by atoms with E-state index in [1.807, 2.05) is 24.3 Å². The first-order valence-corrected chi connectivity index (χ1v) is 13.8. The molecule has 40 heavy (non-hydrogen) atoms. The Balaban J connectivity index is 1.14. The highest BCUT2D eigenvalue weighted by Crippen LogP contribution is 2.40. The lowest BCUT2D eigenvalue weighted by Crippen LogP contribution is -2.56. The molecule has 1 amide bonds. The van der Waals surface area contributed by atoms with E-state index in [0.29, 0.717) is 17.4 Å². The van der Waals surface area contributed by atoms with Crippen molar-refractivity contribution in [1.29, 1.82) is 0 Å². The average molecular weight is 552 g/mol. The highest BCUT2D eigenvalue weighted by molar-refractivity contribution is 5.94. The molecule has 1 saturated heterocycles. The van der Waals surface area contributed by atoms with Gasteiger partial charge in [-0.05, 0) is 67.0 Å². The van der Waals surface area contributed by atoms with Gasteiger partial charge in [0.25, 0.3) is 0 Å². The number of carbonyl (C=O) groups is 1. The number of piperidine rings is 1. The number of nitrogens with two attached hydrogens (primary N) is 1. The van der Waals surface area contributed by atoms with Gasteiger partial charge >= 0.3 is 6.18 Å². The van der Waals surface area contributed by atoms with Crippen molar-refractivity contribution in [2.45, 2.75) is 68.9 Å². The maximum atomic E-state index is 13.0. The molecule has 8 nitrogen and oxygen atoms in total. The number of primary amides is 1. The molecule has 6 rings (SSSR count). The summed E-state index contributed by atoms with van der Waals surface area (Å²) in [5.74, 6) is 1.15. The molecule has 4 N–H and O–H groups in total. The molecule has 3 heterocycles.